The number of nitriles is 1. The molecule has 14 heteroatoms. The first-order chi connectivity index (χ1) is 22.3. The van der Waals surface area contributed by atoms with Crippen molar-refractivity contribution in [1.82, 2.24) is 15.1 Å². The largest absolute Gasteiger partial charge is 0.462 e. The molecule has 240 valence electrons. The zero-order valence-corrected chi connectivity index (χ0v) is 26.2. The Morgan fingerprint density at radius 2 is 2.17 bits per heavy atom. The van der Waals surface area contributed by atoms with Crippen LogP contribution in [0.5, 0.6) is 5.75 Å². The molecule has 2 aromatic carbocycles. The minimum absolute atomic E-state index is 0.00920. The van der Waals surface area contributed by atoms with Gasteiger partial charge in [0, 0.05) is 30.5 Å². The van der Waals surface area contributed by atoms with E-state index in [9.17, 15) is 14.0 Å². The standard InChI is InChI=1S/C32H30ClF3N6O3S/c33-25-23(18-4-5-20(35)29-22(18)19(10-37)30(38)46-29)26(36)28-24-27(25)39-15-40-31(24)42(17-3-1-8-43-13-17)12-21(45-28)44-14-32-6-2-7-41(32)11-16(34)9-32/h4-5,12,16-17,40H,1-3,6-9,11,13-15,38H2/t16-,17?,32+/m1/s1. The fourth-order valence-corrected chi connectivity index (χ4v) is 8.91. The summed E-state index contributed by atoms with van der Waals surface area (Å²) < 4.78 is 65.3. The highest BCUT2D eigenvalue weighted by atomic mass is 35.5. The predicted octanol–water partition coefficient (Wildman–Crippen LogP) is 4.47. The molecule has 0 radical (unpaired) electrons. The van der Waals surface area contributed by atoms with E-state index >= 15 is 4.39 Å². The second kappa shape index (κ2) is 11.2. The third kappa shape index (κ3) is 4.52. The lowest BCUT2D eigenvalue weighted by molar-refractivity contribution is 0.0201. The SMILES string of the molecule is N#Cc1c(N)sc2c(F)ccc(-c3c(F)c4c5c(c3Cl)=NCNC=5N(C3CCCOC3)C=C(OC[C@@]35CCCN3C[C@H](F)C5)O4)c12. The number of halogens is 4. The van der Waals surface area contributed by atoms with E-state index in [2.05, 4.69) is 15.2 Å². The normalized spacial score (nSPS) is 25.6. The van der Waals surface area contributed by atoms with Gasteiger partial charge in [0.25, 0.3) is 0 Å². The van der Waals surface area contributed by atoms with Gasteiger partial charge in [-0.15, -0.1) is 11.3 Å². The molecule has 9 nitrogen and oxygen atoms in total. The van der Waals surface area contributed by atoms with Gasteiger partial charge in [-0.2, -0.15) is 5.26 Å². The molecule has 0 saturated carbocycles. The number of nitrogens with one attached hydrogen (secondary N) is 1. The zero-order valence-electron chi connectivity index (χ0n) is 24.7. The van der Waals surface area contributed by atoms with Crippen LogP contribution in [0.3, 0.4) is 0 Å². The summed E-state index contributed by atoms with van der Waals surface area (Å²) in [5.41, 5.74) is 5.76. The second-order valence-corrected chi connectivity index (χ2v) is 13.8. The highest BCUT2D eigenvalue weighted by Crippen LogP contribution is 2.45. The Morgan fingerprint density at radius 1 is 1.30 bits per heavy atom. The number of hydrogen-bond acceptors (Lipinski definition) is 10. The second-order valence-electron chi connectivity index (χ2n) is 12.3. The van der Waals surface area contributed by atoms with Crippen molar-refractivity contribution >= 4 is 43.8 Å². The number of fused-ring (bicyclic) bond motifs is 2. The number of benzene rings is 2. The monoisotopic (exact) mass is 670 g/mol. The molecule has 0 aliphatic carbocycles. The molecule has 0 amide bonds. The molecule has 0 bridgehead atoms. The molecule has 1 unspecified atom stereocenters. The van der Waals surface area contributed by atoms with Crippen LogP contribution >= 0.6 is 22.9 Å². The molecule has 5 aliphatic rings. The maximum Gasteiger partial charge on any atom is 0.302 e. The Kier molecular flexibility index (Phi) is 7.24. The van der Waals surface area contributed by atoms with Crippen molar-refractivity contribution in [2.75, 3.05) is 45.3 Å². The van der Waals surface area contributed by atoms with Crippen molar-refractivity contribution in [2.45, 2.75) is 49.9 Å². The van der Waals surface area contributed by atoms with Crippen LogP contribution in [0, 0.1) is 23.0 Å². The Labute approximate surface area is 271 Å². The van der Waals surface area contributed by atoms with Gasteiger partial charge in [0.05, 0.1) is 50.2 Å². The van der Waals surface area contributed by atoms with E-state index in [4.69, 9.17) is 31.5 Å². The van der Waals surface area contributed by atoms with E-state index < -0.39 is 23.3 Å². The summed E-state index contributed by atoms with van der Waals surface area (Å²) in [5, 5.41) is 14.1. The summed E-state index contributed by atoms with van der Waals surface area (Å²) in [7, 11) is 0. The highest BCUT2D eigenvalue weighted by Gasteiger charge is 2.49. The van der Waals surface area contributed by atoms with E-state index in [0.717, 1.165) is 43.6 Å². The number of nitrogens with two attached hydrogens (primary N) is 1. The van der Waals surface area contributed by atoms with Crippen molar-refractivity contribution in [3.05, 3.63) is 57.1 Å². The Balaban J connectivity index is 1.32. The molecule has 46 heavy (non-hydrogen) atoms. The average molecular weight is 671 g/mol. The molecule has 8 rings (SSSR count). The lowest BCUT2D eigenvalue weighted by atomic mass is 9.95. The molecule has 3 aromatic rings. The molecule has 6 heterocycles. The first-order valence-corrected chi connectivity index (χ1v) is 16.5. The summed E-state index contributed by atoms with van der Waals surface area (Å²) in [5.74, 6) is -1.02. The van der Waals surface area contributed by atoms with Crippen LogP contribution in [0.15, 0.2) is 29.3 Å². The van der Waals surface area contributed by atoms with Gasteiger partial charge in [0.15, 0.2) is 11.6 Å². The topological polar surface area (TPSA) is 108 Å². The summed E-state index contributed by atoms with van der Waals surface area (Å²) in [6.45, 7) is 2.55. The smallest absolute Gasteiger partial charge is 0.302 e. The van der Waals surface area contributed by atoms with Crippen molar-refractivity contribution in [2.24, 2.45) is 4.99 Å². The summed E-state index contributed by atoms with van der Waals surface area (Å²) in [6, 6.07) is 4.50. The number of hydrogen-bond donors (Lipinski definition) is 2. The van der Waals surface area contributed by atoms with Gasteiger partial charge >= 0.3 is 5.95 Å². The Hall–Kier alpha value is -3.70. The van der Waals surface area contributed by atoms with E-state index in [1.165, 1.54) is 12.1 Å². The third-order valence-electron chi connectivity index (χ3n) is 9.71. The van der Waals surface area contributed by atoms with Crippen molar-refractivity contribution in [3.8, 4) is 22.9 Å². The highest BCUT2D eigenvalue weighted by molar-refractivity contribution is 7.23. The molecule has 3 saturated heterocycles. The third-order valence-corrected chi connectivity index (χ3v) is 11.1. The van der Waals surface area contributed by atoms with Gasteiger partial charge in [-0.05, 0) is 43.9 Å². The quantitative estimate of drug-likeness (QED) is 0.410. The van der Waals surface area contributed by atoms with Gasteiger partial charge in [0.2, 0.25) is 0 Å². The molecule has 3 atom stereocenters. The van der Waals surface area contributed by atoms with Crippen LogP contribution in [0.1, 0.15) is 37.7 Å². The Bertz CT molecular complexity index is 1980. The Morgan fingerprint density at radius 3 is 2.98 bits per heavy atom. The van der Waals surface area contributed by atoms with Crippen molar-refractivity contribution < 1.29 is 27.4 Å². The van der Waals surface area contributed by atoms with Crippen molar-refractivity contribution in [1.29, 1.82) is 5.26 Å². The van der Waals surface area contributed by atoms with Crippen LogP contribution < -0.4 is 26.4 Å². The molecule has 0 spiro atoms. The van der Waals surface area contributed by atoms with Crippen LogP contribution in [0.25, 0.3) is 27.0 Å². The van der Waals surface area contributed by atoms with E-state index in [1.807, 2.05) is 11.0 Å². The van der Waals surface area contributed by atoms with Crippen LogP contribution in [-0.4, -0.2) is 67.1 Å². The van der Waals surface area contributed by atoms with Crippen molar-refractivity contribution in [3.63, 3.8) is 0 Å². The molecule has 3 N–H and O–H groups in total. The van der Waals surface area contributed by atoms with Gasteiger partial charge < -0.3 is 30.2 Å². The average Bonchev–Trinajstić information content (AvgIpc) is 3.66. The summed E-state index contributed by atoms with van der Waals surface area (Å²) in [6.07, 6.45) is 4.49. The number of ether oxygens (including phenoxy) is 3. The first-order valence-electron chi connectivity index (χ1n) is 15.3. The maximum absolute atomic E-state index is 17.1. The van der Waals surface area contributed by atoms with Crippen LogP contribution in [-0.2, 0) is 9.47 Å². The van der Waals surface area contributed by atoms with Gasteiger partial charge in [-0.25, -0.2) is 13.2 Å². The van der Waals surface area contributed by atoms with Gasteiger partial charge in [-0.1, -0.05) is 17.7 Å². The number of nitrogens with zero attached hydrogens (tertiary/aromatic N) is 4. The number of rotatable bonds is 5. The van der Waals surface area contributed by atoms with Crippen LogP contribution in [0.2, 0.25) is 5.02 Å². The minimum Gasteiger partial charge on any atom is -0.462 e. The molecule has 5 aliphatic heterocycles. The summed E-state index contributed by atoms with van der Waals surface area (Å²) in [4.78, 5) is 8.70. The first kappa shape index (κ1) is 29.7. The molecular formula is C32H30ClF3N6O3S. The van der Waals surface area contributed by atoms with Gasteiger partial charge in [0.1, 0.15) is 42.2 Å². The lowest BCUT2D eigenvalue weighted by Gasteiger charge is -2.35. The van der Waals surface area contributed by atoms with Gasteiger partial charge in [-0.3, -0.25) is 9.89 Å². The molecule has 1 aromatic heterocycles. The molecular weight excluding hydrogens is 641 g/mol. The fraction of sp³-hybridized carbons (Fsp3) is 0.438. The minimum atomic E-state index is -0.939. The number of thiophene rings is 1. The summed E-state index contributed by atoms with van der Waals surface area (Å²) >= 11 is 7.92. The predicted molar refractivity (Wildman–Crippen MR) is 167 cm³/mol. The number of anilines is 1. The van der Waals surface area contributed by atoms with E-state index in [-0.39, 0.29) is 73.2 Å². The lowest BCUT2D eigenvalue weighted by Crippen LogP contribution is -2.48. The maximum atomic E-state index is 17.1. The fourth-order valence-electron chi connectivity index (χ4n) is 7.62. The van der Waals surface area contributed by atoms with E-state index in [1.54, 1.807) is 6.20 Å². The van der Waals surface area contributed by atoms with Crippen LogP contribution in [0.4, 0.5) is 18.2 Å². The zero-order chi connectivity index (χ0) is 31.7. The molecule has 3 fully saturated rings. The number of alkyl halides is 1. The van der Waals surface area contributed by atoms with E-state index in [0.29, 0.717) is 37.2 Å². The number of nitrogen functional groups attached to an aromatic ring is 1.